The van der Waals surface area contributed by atoms with Gasteiger partial charge in [-0.3, -0.25) is 9.88 Å². The molecular formula is C24H28N2O2. The van der Waals surface area contributed by atoms with Crippen molar-refractivity contribution in [2.24, 2.45) is 0 Å². The third-order valence-electron chi connectivity index (χ3n) is 4.40. The van der Waals surface area contributed by atoms with Crippen LogP contribution < -0.4 is 9.47 Å². The molecule has 0 aliphatic carbocycles. The van der Waals surface area contributed by atoms with Crippen LogP contribution >= 0.6 is 0 Å². The number of pyridine rings is 1. The highest BCUT2D eigenvalue weighted by atomic mass is 16.5. The van der Waals surface area contributed by atoms with Crippen LogP contribution in [0.15, 0.2) is 73.1 Å². The summed E-state index contributed by atoms with van der Waals surface area (Å²) in [7, 11) is 1.69. The lowest BCUT2D eigenvalue weighted by Crippen LogP contribution is -2.22. The number of methoxy groups -OCH3 is 1. The zero-order chi connectivity index (χ0) is 19.8. The van der Waals surface area contributed by atoms with E-state index >= 15 is 0 Å². The van der Waals surface area contributed by atoms with Crippen molar-refractivity contribution in [3.63, 3.8) is 0 Å². The topological polar surface area (TPSA) is 34.6 Å². The molecule has 1 aromatic heterocycles. The maximum Gasteiger partial charge on any atom is 0.120 e. The summed E-state index contributed by atoms with van der Waals surface area (Å²) < 4.78 is 11.1. The second-order valence-electron chi connectivity index (χ2n) is 7.16. The van der Waals surface area contributed by atoms with Crippen molar-refractivity contribution in [2.45, 2.75) is 39.6 Å². The van der Waals surface area contributed by atoms with Gasteiger partial charge in [-0.2, -0.15) is 0 Å². The molecule has 0 N–H and O–H groups in total. The van der Waals surface area contributed by atoms with Gasteiger partial charge in [0.15, 0.2) is 0 Å². The highest BCUT2D eigenvalue weighted by Crippen LogP contribution is 2.20. The molecule has 146 valence electrons. The fourth-order valence-electron chi connectivity index (χ4n) is 3.15. The predicted molar refractivity (Wildman–Crippen MR) is 112 cm³/mol. The summed E-state index contributed by atoms with van der Waals surface area (Å²) in [6, 6.07) is 20.8. The van der Waals surface area contributed by atoms with Crippen molar-refractivity contribution >= 4 is 0 Å². The zero-order valence-electron chi connectivity index (χ0n) is 16.8. The smallest absolute Gasteiger partial charge is 0.120 e. The molecule has 3 aromatic rings. The first kappa shape index (κ1) is 19.9. The van der Waals surface area contributed by atoms with Crippen molar-refractivity contribution in [2.75, 3.05) is 7.11 Å². The number of rotatable bonds is 9. The Morgan fingerprint density at radius 2 is 1.43 bits per heavy atom. The van der Waals surface area contributed by atoms with Crippen LogP contribution in [0.1, 0.15) is 30.5 Å². The van der Waals surface area contributed by atoms with Gasteiger partial charge in [-0.25, -0.2) is 0 Å². The van der Waals surface area contributed by atoms with Crippen LogP contribution in [-0.4, -0.2) is 23.1 Å². The standard InChI is InChI=1S/C24H28N2O2/c1-19(2)28-24-6-4-5-22(15-24)18-26(17-21-11-13-25-14-12-21)16-20-7-9-23(27-3)10-8-20/h4-15,19H,16-18H2,1-3H3. The number of hydrogen-bond acceptors (Lipinski definition) is 4. The third-order valence-corrected chi connectivity index (χ3v) is 4.40. The predicted octanol–water partition coefficient (Wildman–Crippen LogP) is 5.08. The molecule has 0 bridgehead atoms. The lowest BCUT2D eigenvalue weighted by Gasteiger charge is -2.23. The van der Waals surface area contributed by atoms with Crippen molar-refractivity contribution in [3.8, 4) is 11.5 Å². The highest BCUT2D eigenvalue weighted by Gasteiger charge is 2.10. The van der Waals surface area contributed by atoms with Gasteiger partial charge in [-0.05, 0) is 66.9 Å². The van der Waals surface area contributed by atoms with Gasteiger partial charge in [0.05, 0.1) is 13.2 Å². The molecule has 0 aliphatic heterocycles. The van der Waals surface area contributed by atoms with Crippen molar-refractivity contribution in [1.29, 1.82) is 0 Å². The molecule has 4 heteroatoms. The third kappa shape index (κ3) is 6.10. The first-order valence-corrected chi connectivity index (χ1v) is 9.62. The molecular weight excluding hydrogens is 348 g/mol. The maximum atomic E-state index is 5.86. The number of hydrogen-bond donors (Lipinski definition) is 0. The Morgan fingerprint density at radius 1 is 0.786 bits per heavy atom. The average Bonchev–Trinajstić information content (AvgIpc) is 2.69. The summed E-state index contributed by atoms with van der Waals surface area (Å²) in [6.07, 6.45) is 3.86. The quantitative estimate of drug-likeness (QED) is 0.522. The number of aromatic nitrogens is 1. The molecule has 0 atom stereocenters. The van der Waals surface area contributed by atoms with Crippen molar-refractivity contribution < 1.29 is 9.47 Å². The molecule has 0 spiro atoms. The molecule has 0 aliphatic rings. The van der Waals surface area contributed by atoms with Gasteiger partial charge in [0, 0.05) is 32.0 Å². The second kappa shape index (κ2) is 9.90. The van der Waals surface area contributed by atoms with Crippen molar-refractivity contribution in [1.82, 2.24) is 9.88 Å². The van der Waals surface area contributed by atoms with E-state index in [2.05, 4.69) is 52.3 Å². The average molecular weight is 377 g/mol. The van der Waals surface area contributed by atoms with Gasteiger partial charge in [0.1, 0.15) is 11.5 Å². The number of benzene rings is 2. The SMILES string of the molecule is COc1ccc(CN(Cc2ccncc2)Cc2cccc(OC(C)C)c2)cc1. The first-order valence-electron chi connectivity index (χ1n) is 9.62. The Balaban J connectivity index is 1.77. The molecule has 0 amide bonds. The molecule has 2 aromatic carbocycles. The van der Waals surface area contributed by atoms with E-state index < -0.39 is 0 Å². The Morgan fingerprint density at radius 3 is 2.07 bits per heavy atom. The minimum Gasteiger partial charge on any atom is -0.497 e. The molecule has 28 heavy (non-hydrogen) atoms. The Kier molecular flexibility index (Phi) is 7.04. The van der Waals surface area contributed by atoms with E-state index in [1.165, 1.54) is 16.7 Å². The molecule has 4 nitrogen and oxygen atoms in total. The van der Waals surface area contributed by atoms with Crippen LogP contribution in [0.2, 0.25) is 0 Å². The summed E-state index contributed by atoms with van der Waals surface area (Å²) in [6.45, 7) is 6.63. The van der Waals surface area contributed by atoms with Crippen LogP contribution in [-0.2, 0) is 19.6 Å². The van der Waals surface area contributed by atoms with Gasteiger partial charge in [0.25, 0.3) is 0 Å². The van der Waals surface area contributed by atoms with E-state index in [0.29, 0.717) is 0 Å². The fraction of sp³-hybridized carbons (Fsp3) is 0.292. The first-order chi connectivity index (χ1) is 13.6. The van der Waals surface area contributed by atoms with Crippen LogP contribution in [0.4, 0.5) is 0 Å². The minimum atomic E-state index is 0.169. The lowest BCUT2D eigenvalue weighted by atomic mass is 10.1. The number of nitrogens with zero attached hydrogens (tertiary/aromatic N) is 2. The Hall–Kier alpha value is -2.85. The normalized spacial score (nSPS) is 11.0. The molecule has 0 radical (unpaired) electrons. The summed E-state index contributed by atoms with van der Waals surface area (Å²) >= 11 is 0. The second-order valence-corrected chi connectivity index (χ2v) is 7.16. The van der Waals surface area contributed by atoms with E-state index in [0.717, 1.165) is 31.1 Å². The van der Waals surface area contributed by atoms with Crippen molar-refractivity contribution in [3.05, 3.63) is 89.7 Å². The van der Waals surface area contributed by atoms with E-state index in [9.17, 15) is 0 Å². The highest BCUT2D eigenvalue weighted by molar-refractivity contribution is 5.30. The van der Waals surface area contributed by atoms with Crippen LogP contribution in [0.25, 0.3) is 0 Å². The lowest BCUT2D eigenvalue weighted by molar-refractivity contribution is 0.237. The minimum absolute atomic E-state index is 0.169. The summed E-state index contributed by atoms with van der Waals surface area (Å²) in [4.78, 5) is 6.55. The number of ether oxygens (including phenoxy) is 2. The summed E-state index contributed by atoms with van der Waals surface area (Å²) in [5, 5.41) is 0. The molecule has 0 saturated carbocycles. The van der Waals surface area contributed by atoms with E-state index in [-0.39, 0.29) is 6.10 Å². The summed E-state index contributed by atoms with van der Waals surface area (Å²) in [5.74, 6) is 1.80. The van der Waals surface area contributed by atoms with E-state index in [4.69, 9.17) is 9.47 Å². The van der Waals surface area contributed by atoms with E-state index in [1.54, 1.807) is 7.11 Å². The van der Waals surface area contributed by atoms with E-state index in [1.807, 2.05) is 44.4 Å². The molecule has 0 unspecified atom stereocenters. The molecule has 0 fully saturated rings. The summed E-state index contributed by atoms with van der Waals surface area (Å²) in [5.41, 5.74) is 3.74. The zero-order valence-corrected chi connectivity index (χ0v) is 16.8. The van der Waals surface area contributed by atoms with Gasteiger partial charge >= 0.3 is 0 Å². The Bertz CT molecular complexity index is 848. The largest absolute Gasteiger partial charge is 0.497 e. The van der Waals surface area contributed by atoms with Gasteiger partial charge in [-0.1, -0.05) is 24.3 Å². The van der Waals surface area contributed by atoms with Gasteiger partial charge < -0.3 is 9.47 Å². The van der Waals surface area contributed by atoms with Gasteiger partial charge in [-0.15, -0.1) is 0 Å². The Labute approximate surface area is 167 Å². The van der Waals surface area contributed by atoms with Gasteiger partial charge in [0.2, 0.25) is 0 Å². The molecule has 3 rings (SSSR count). The fourth-order valence-corrected chi connectivity index (χ4v) is 3.15. The molecule has 0 saturated heterocycles. The maximum absolute atomic E-state index is 5.86. The monoisotopic (exact) mass is 376 g/mol. The molecule has 1 heterocycles. The van der Waals surface area contributed by atoms with Crippen LogP contribution in [0, 0.1) is 0 Å². The van der Waals surface area contributed by atoms with Crippen LogP contribution in [0.5, 0.6) is 11.5 Å². The van der Waals surface area contributed by atoms with Crippen LogP contribution in [0.3, 0.4) is 0 Å².